The van der Waals surface area contributed by atoms with Crippen molar-refractivity contribution in [2.24, 2.45) is 0 Å². The van der Waals surface area contributed by atoms with Crippen LogP contribution < -0.4 is 4.74 Å². The predicted molar refractivity (Wildman–Crippen MR) is 73.8 cm³/mol. The third-order valence-corrected chi connectivity index (χ3v) is 3.02. The number of carbonyl (C=O) groups is 1. The quantitative estimate of drug-likeness (QED) is 0.817. The highest BCUT2D eigenvalue weighted by atomic mass is 16.5. The van der Waals surface area contributed by atoms with Crippen LogP contribution in [-0.2, 0) is 11.3 Å². The van der Waals surface area contributed by atoms with Crippen molar-refractivity contribution in [2.45, 2.75) is 33.2 Å². The van der Waals surface area contributed by atoms with Crippen molar-refractivity contribution in [1.29, 1.82) is 5.26 Å². The van der Waals surface area contributed by atoms with Crippen LogP contribution in [0, 0.1) is 25.2 Å². The van der Waals surface area contributed by atoms with E-state index in [1.54, 1.807) is 19.1 Å². The minimum absolute atomic E-state index is 0.00678. The van der Waals surface area contributed by atoms with Gasteiger partial charge in [0.2, 0.25) is 5.91 Å². The number of methoxy groups -OCH3 is 1. The van der Waals surface area contributed by atoms with Gasteiger partial charge >= 0.3 is 0 Å². The number of amides is 1. The Hall–Kier alpha value is -2.02. The fraction of sp³-hybridized carbons (Fsp3) is 0.467. The lowest BCUT2D eigenvalue weighted by atomic mass is 10.1. The molecule has 0 unspecified atom stereocenters. The average molecular weight is 260 g/mol. The van der Waals surface area contributed by atoms with Crippen LogP contribution in [0.2, 0.25) is 0 Å². The van der Waals surface area contributed by atoms with Gasteiger partial charge in [-0.25, -0.2) is 0 Å². The summed E-state index contributed by atoms with van der Waals surface area (Å²) >= 11 is 0. The Bertz CT molecular complexity index is 480. The van der Waals surface area contributed by atoms with Crippen LogP contribution in [0.5, 0.6) is 5.75 Å². The smallest absolute Gasteiger partial charge is 0.223 e. The molecule has 0 heterocycles. The van der Waals surface area contributed by atoms with E-state index >= 15 is 0 Å². The number of hydrogen-bond donors (Lipinski definition) is 0. The van der Waals surface area contributed by atoms with Crippen LogP contribution in [0.4, 0.5) is 0 Å². The number of nitriles is 1. The SMILES string of the molecule is COc1c(C)cc(CN(C)C(=O)CCC#N)cc1C. The van der Waals surface area contributed by atoms with Crippen molar-refractivity contribution in [3.63, 3.8) is 0 Å². The van der Waals surface area contributed by atoms with E-state index in [1.165, 1.54) is 0 Å². The topological polar surface area (TPSA) is 53.3 Å². The molecular weight excluding hydrogens is 240 g/mol. The first-order valence-corrected chi connectivity index (χ1v) is 6.24. The highest BCUT2D eigenvalue weighted by Crippen LogP contribution is 2.24. The van der Waals surface area contributed by atoms with E-state index in [1.807, 2.05) is 32.0 Å². The van der Waals surface area contributed by atoms with Gasteiger partial charge in [0.05, 0.1) is 13.2 Å². The minimum atomic E-state index is -0.00678. The second-order valence-electron chi connectivity index (χ2n) is 4.67. The first-order valence-electron chi connectivity index (χ1n) is 6.24. The van der Waals surface area contributed by atoms with Gasteiger partial charge in [0.1, 0.15) is 5.75 Å². The van der Waals surface area contributed by atoms with E-state index in [-0.39, 0.29) is 18.7 Å². The molecule has 102 valence electrons. The predicted octanol–water partition coefficient (Wildman–Crippen LogP) is 2.57. The molecule has 0 aliphatic rings. The Labute approximate surface area is 114 Å². The monoisotopic (exact) mass is 260 g/mol. The molecule has 0 saturated carbocycles. The van der Waals surface area contributed by atoms with Gasteiger partial charge < -0.3 is 9.64 Å². The lowest BCUT2D eigenvalue weighted by Gasteiger charge is -2.18. The molecule has 1 rings (SSSR count). The summed E-state index contributed by atoms with van der Waals surface area (Å²) in [5.74, 6) is 0.884. The molecule has 0 aromatic heterocycles. The number of nitrogens with zero attached hydrogens (tertiary/aromatic N) is 2. The molecule has 4 nitrogen and oxygen atoms in total. The lowest BCUT2D eigenvalue weighted by molar-refractivity contribution is -0.130. The molecule has 1 aromatic rings. The molecule has 19 heavy (non-hydrogen) atoms. The van der Waals surface area contributed by atoms with Gasteiger partial charge in [0.15, 0.2) is 0 Å². The number of rotatable bonds is 5. The van der Waals surface area contributed by atoms with Crippen molar-refractivity contribution in [3.8, 4) is 11.8 Å². The zero-order chi connectivity index (χ0) is 14.4. The molecule has 0 N–H and O–H groups in total. The Kier molecular flexibility index (Phi) is 5.37. The standard InChI is InChI=1S/C15H20N2O2/c1-11-8-13(9-12(2)15(11)19-4)10-17(3)14(18)6-5-7-16/h8-9H,5-6,10H2,1-4H3. The van der Waals surface area contributed by atoms with Gasteiger partial charge in [-0.05, 0) is 30.5 Å². The number of carbonyl (C=O) groups excluding carboxylic acids is 1. The highest BCUT2D eigenvalue weighted by molar-refractivity contribution is 5.76. The Morgan fingerprint density at radius 2 is 1.95 bits per heavy atom. The maximum Gasteiger partial charge on any atom is 0.223 e. The van der Waals surface area contributed by atoms with E-state index < -0.39 is 0 Å². The van der Waals surface area contributed by atoms with E-state index in [4.69, 9.17) is 10.00 Å². The zero-order valence-electron chi connectivity index (χ0n) is 12.0. The van der Waals surface area contributed by atoms with Crippen LogP contribution in [-0.4, -0.2) is 25.0 Å². The molecule has 0 aliphatic heterocycles. The minimum Gasteiger partial charge on any atom is -0.496 e. The third-order valence-electron chi connectivity index (χ3n) is 3.02. The molecule has 0 atom stereocenters. The number of ether oxygens (including phenoxy) is 1. The summed E-state index contributed by atoms with van der Waals surface area (Å²) in [5, 5.41) is 8.48. The summed E-state index contributed by atoms with van der Waals surface area (Å²) in [4.78, 5) is 13.4. The van der Waals surface area contributed by atoms with Crippen molar-refractivity contribution in [3.05, 3.63) is 28.8 Å². The van der Waals surface area contributed by atoms with Crippen LogP contribution in [0.1, 0.15) is 29.5 Å². The first-order chi connectivity index (χ1) is 8.99. The molecule has 0 radical (unpaired) electrons. The normalized spacial score (nSPS) is 9.84. The Morgan fingerprint density at radius 1 is 1.37 bits per heavy atom. The van der Waals surface area contributed by atoms with Crippen LogP contribution >= 0.6 is 0 Å². The van der Waals surface area contributed by atoms with E-state index in [0.717, 1.165) is 22.4 Å². The summed E-state index contributed by atoms with van der Waals surface area (Å²) in [6.45, 7) is 4.54. The summed E-state index contributed by atoms with van der Waals surface area (Å²) < 4.78 is 5.32. The highest BCUT2D eigenvalue weighted by Gasteiger charge is 2.11. The van der Waals surface area contributed by atoms with Crippen molar-refractivity contribution in [1.82, 2.24) is 4.90 Å². The number of hydrogen-bond acceptors (Lipinski definition) is 3. The van der Waals surface area contributed by atoms with Gasteiger partial charge in [-0.1, -0.05) is 12.1 Å². The molecule has 0 aliphatic carbocycles. The second-order valence-corrected chi connectivity index (χ2v) is 4.67. The van der Waals surface area contributed by atoms with Gasteiger partial charge in [-0.15, -0.1) is 0 Å². The largest absolute Gasteiger partial charge is 0.496 e. The molecule has 0 spiro atoms. The molecule has 1 aromatic carbocycles. The lowest BCUT2D eigenvalue weighted by Crippen LogP contribution is -2.25. The van der Waals surface area contributed by atoms with Gasteiger partial charge in [0.25, 0.3) is 0 Å². The maximum atomic E-state index is 11.7. The maximum absolute atomic E-state index is 11.7. The summed E-state index contributed by atoms with van der Waals surface area (Å²) in [6, 6.07) is 6.04. The second kappa shape index (κ2) is 6.79. The van der Waals surface area contributed by atoms with Crippen molar-refractivity contribution in [2.75, 3.05) is 14.2 Å². The van der Waals surface area contributed by atoms with Crippen LogP contribution in [0.3, 0.4) is 0 Å². The van der Waals surface area contributed by atoms with E-state index in [0.29, 0.717) is 6.54 Å². The average Bonchev–Trinajstić information content (AvgIpc) is 2.35. The van der Waals surface area contributed by atoms with E-state index in [2.05, 4.69) is 0 Å². The fourth-order valence-corrected chi connectivity index (χ4v) is 2.17. The van der Waals surface area contributed by atoms with Gasteiger partial charge in [0, 0.05) is 26.4 Å². The third kappa shape index (κ3) is 3.99. The summed E-state index contributed by atoms with van der Waals surface area (Å²) in [5.41, 5.74) is 3.20. The molecular formula is C15H20N2O2. The molecule has 4 heteroatoms. The Morgan fingerprint density at radius 3 is 2.42 bits per heavy atom. The Balaban J connectivity index is 2.78. The molecule has 0 bridgehead atoms. The van der Waals surface area contributed by atoms with E-state index in [9.17, 15) is 4.79 Å². The fourth-order valence-electron chi connectivity index (χ4n) is 2.17. The van der Waals surface area contributed by atoms with Crippen LogP contribution in [0.25, 0.3) is 0 Å². The molecule has 0 fully saturated rings. The number of benzene rings is 1. The number of aryl methyl sites for hydroxylation is 2. The zero-order valence-corrected chi connectivity index (χ0v) is 12.0. The summed E-state index contributed by atoms with van der Waals surface area (Å²) in [6.07, 6.45) is 0.547. The van der Waals surface area contributed by atoms with Gasteiger partial charge in [-0.2, -0.15) is 5.26 Å². The van der Waals surface area contributed by atoms with Crippen LogP contribution in [0.15, 0.2) is 12.1 Å². The summed E-state index contributed by atoms with van der Waals surface area (Å²) in [7, 11) is 3.42. The van der Waals surface area contributed by atoms with Crippen molar-refractivity contribution < 1.29 is 9.53 Å². The molecule has 0 saturated heterocycles. The first kappa shape index (κ1) is 15.0. The van der Waals surface area contributed by atoms with Gasteiger partial charge in [-0.3, -0.25) is 4.79 Å². The molecule has 1 amide bonds. The van der Waals surface area contributed by atoms with Crippen molar-refractivity contribution >= 4 is 5.91 Å².